The van der Waals surface area contributed by atoms with Crippen LogP contribution in [0.2, 0.25) is 0 Å². The summed E-state index contributed by atoms with van der Waals surface area (Å²) in [5, 5.41) is 0. The third-order valence-corrected chi connectivity index (χ3v) is 2.22. The van der Waals surface area contributed by atoms with Crippen molar-refractivity contribution in [3.05, 3.63) is 23.8 Å². The average Bonchev–Trinajstić information content (AvgIpc) is 2.35. The number of hydrogen-bond acceptors (Lipinski definition) is 5. The summed E-state index contributed by atoms with van der Waals surface area (Å²) in [6.45, 7) is 0. The van der Waals surface area contributed by atoms with Gasteiger partial charge in [0.25, 0.3) is 0 Å². The molecule has 16 heavy (non-hydrogen) atoms. The van der Waals surface area contributed by atoms with Crippen molar-refractivity contribution in [2.75, 3.05) is 21.3 Å². The van der Waals surface area contributed by atoms with Gasteiger partial charge in [-0.1, -0.05) is 12.1 Å². The van der Waals surface area contributed by atoms with Gasteiger partial charge in [0, 0.05) is 5.56 Å². The maximum Gasteiger partial charge on any atom is 0.327 e. The number of rotatable bonds is 4. The van der Waals surface area contributed by atoms with Gasteiger partial charge < -0.3 is 19.9 Å². The van der Waals surface area contributed by atoms with Crippen molar-refractivity contribution >= 4 is 5.97 Å². The largest absolute Gasteiger partial charge is 0.493 e. The Morgan fingerprint density at radius 3 is 2.44 bits per heavy atom. The fourth-order valence-electron chi connectivity index (χ4n) is 1.41. The molecule has 0 spiro atoms. The second-order valence-corrected chi connectivity index (χ2v) is 3.08. The van der Waals surface area contributed by atoms with Gasteiger partial charge >= 0.3 is 5.97 Å². The zero-order chi connectivity index (χ0) is 12.1. The van der Waals surface area contributed by atoms with Gasteiger partial charge in [0.2, 0.25) is 0 Å². The average molecular weight is 225 g/mol. The van der Waals surface area contributed by atoms with E-state index in [-0.39, 0.29) is 0 Å². The minimum atomic E-state index is -0.880. The fraction of sp³-hybridized carbons (Fsp3) is 0.364. The van der Waals surface area contributed by atoms with Crippen molar-refractivity contribution in [3.63, 3.8) is 0 Å². The van der Waals surface area contributed by atoms with Crippen molar-refractivity contribution in [2.24, 2.45) is 5.73 Å². The molecule has 0 aliphatic rings. The highest BCUT2D eigenvalue weighted by Gasteiger charge is 2.22. The first kappa shape index (κ1) is 12.3. The number of ether oxygens (including phenoxy) is 3. The third-order valence-electron chi connectivity index (χ3n) is 2.22. The number of benzene rings is 1. The van der Waals surface area contributed by atoms with Gasteiger partial charge in [-0.3, -0.25) is 4.79 Å². The smallest absolute Gasteiger partial charge is 0.327 e. The van der Waals surface area contributed by atoms with E-state index in [4.69, 9.17) is 15.2 Å². The number of methoxy groups -OCH3 is 3. The van der Waals surface area contributed by atoms with Gasteiger partial charge in [0.1, 0.15) is 6.04 Å². The van der Waals surface area contributed by atoms with Crippen molar-refractivity contribution in [1.29, 1.82) is 0 Å². The van der Waals surface area contributed by atoms with Crippen LogP contribution in [0.4, 0.5) is 0 Å². The number of nitrogens with two attached hydrogens (primary N) is 1. The van der Waals surface area contributed by atoms with E-state index >= 15 is 0 Å². The lowest BCUT2D eigenvalue weighted by molar-refractivity contribution is -0.142. The Labute approximate surface area is 94.1 Å². The van der Waals surface area contributed by atoms with Gasteiger partial charge in [-0.05, 0) is 6.07 Å². The molecule has 0 amide bonds. The first-order valence-corrected chi connectivity index (χ1v) is 4.70. The number of carbonyl (C=O) groups is 1. The molecule has 0 saturated heterocycles. The van der Waals surface area contributed by atoms with Crippen LogP contribution in [0.15, 0.2) is 18.2 Å². The predicted octanol–water partition coefficient (Wildman–Crippen LogP) is 0.877. The van der Waals surface area contributed by atoms with Crippen LogP contribution in [0, 0.1) is 0 Å². The second kappa shape index (κ2) is 5.37. The number of para-hydroxylation sites is 1. The molecule has 1 rings (SSSR count). The molecule has 0 fully saturated rings. The Morgan fingerprint density at radius 1 is 1.25 bits per heavy atom. The van der Waals surface area contributed by atoms with E-state index in [0.29, 0.717) is 17.1 Å². The van der Waals surface area contributed by atoms with Crippen LogP contribution < -0.4 is 15.2 Å². The van der Waals surface area contributed by atoms with E-state index in [9.17, 15) is 4.79 Å². The van der Waals surface area contributed by atoms with Crippen molar-refractivity contribution in [1.82, 2.24) is 0 Å². The minimum absolute atomic E-state index is 0.447. The number of esters is 1. The van der Waals surface area contributed by atoms with Crippen LogP contribution in [0.25, 0.3) is 0 Å². The van der Waals surface area contributed by atoms with Crippen LogP contribution >= 0.6 is 0 Å². The lowest BCUT2D eigenvalue weighted by atomic mass is 10.1. The van der Waals surface area contributed by atoms with Crippen molar-refractivity contribution in [2.45, 2.75) is 6.04 Å². The lowest BCUT2D eigenvalue weighted by Crippen LogP contribution is -2.23. The normalized spacial score (nSPS) is 11.8. The molecule has 1 atom stereocenters. The molecule has 5 heteroatoms. The SMILES string of the molecule is COC(=O)[C@H](N)c1cccc(OC)c1OC. The van der Waals surface area contributed by atoms with Crippen molar-refractivity contribution < 1.29 is 19.0 Å². The van der Waals surface area contributed by atoms with Gasteiger partial charge in [-0.2, -0.15) is 0 Å². The zero-order valence-electron chi connectivity index (χ0n) is 9.52. The molecule has 1 aromatic rings. The fourth-order valence-corrected chi connectivity index (χ4v) is 1.41. The highest BCUT2D eigenvalue weighted by Crippen LogP contribution is 2.33. The van der Waals surface area contributed by atoms with Crippen LogP contribution in [-0.4, -0.2) is 27.3 Å². The Bertz CT molecular complexity index is 378. The topological polar surface area (TPSA) is 70.8 Å². The maximum atomic E-state index is 11.3. The van der Waals surface area contributed by atoms with Crippen LogP contribution in [0.1, 0.15) is 11.6 Å². The molecule has 0 unspecified atom stereocenters. The molecular formula is C11H15NO4. The minimum Gasteiger partial charge on any atom is -0.493 e. The lowest BCUT2D eigenvalue weighted by Gasteiger charge is -2.15. The highest BCUT2D eigenvalue weighted by atomic mass is 16.5. The molecule has 5 nitrogen and oxygen atoms in total. The third kappa shape index (κ3) is 2.25. The predicted molar refractivity (Wildman–Crippen MR) is 58.5 cm³/mol. The number of carbonyl (C=O) groups excluding carboxylic acids is 1. The van der Waals surface area contributed by atoms with E-state index in [0.717, 1.165) is 0 Å². The first-order valence-electron chi connectivity index (χ1n) is 4.70. The molecule has 0 aliphatic heterocycles. The van der Waals surface area contributed by atoms with Crippen LogP contribution in [0.5, 0.6) is 11.5 Å². The van der Waals surface area contributed by atoms with E-state index in [2.05, 4.69) is 4.74 Å². The molecular weight excluding hydrogens is 210 g/mol. The van der Waals surface area contributed by atoms with Gasteiger partial charge in [0.05, 0.1) is 21.3 Å². The maximum absolute atomic E-state index is 11.3. The van der Waals surface area contributed by atoms with E-state index in [1.807, 2.05) is 0 Å². The summed E-state index contributed by atoms with van der Waals surface area (Å²) in [5.41, 5.74) is 6.27. The molecule has 1 aromatic carbocycles. The Balaban J connectivity index is 3.17. The van der Waals surface area contributed by atoms with Crippen molar-refractivity contribution in [3.8, 4) is 11.5 Å². The standard InChI is InChI=1S/C11H15NO4/c1-14-8-6-4-5-7(10(8)15-2)9(12)11(13)16-3/h4-6,9H,12H2,1-3H3/t9-/m1/s1. The molecule has 88 valence electrons. The number of hydrogen-bond donors (Lipinski definition) is 1. The summed E-state index contributed by atoms with van der Waals surface area (Å²) in [5.74, 6) is 0.453. The Kier molecular flexibility index (Phi) is 4.13. The van der Waals surface area contributed by atoms with Crippen LogP contribution in [-0.2, 0) is 9.53 Å². The highest BCUT2D eigenvalue weighted by molar-refractivity contribution is 5.78. The van der Waals surface area contributed by atoms with E-state index in [1.165, 1.54) is 21.3 Å². The van der Waals surface area contributed by atoms with E-state index < -0.39 is 12.0 Å². The van der Waals surface area contributed by atoms with Gasteiger partial charge in [0.15, 0.2) is 11.5 Å². The summed E-state index contributed by atoms with van der Waals surface area (Å²) in [6.07, 6.45) is 0. The molecule has 0 aliphatic carbocycles. The molecule has 0 radical (unpaired) electrons. The quantitative estimate of drug-likeness (QED) is 0.770. The van der Waals surface area contributed by atoms with Gasteiger partial charge in [-0.15, -0.1) is 0 Å². The molecule has 2 N–H and O–H groups in total. The summed E-state index contributed by atoms with van der Waals surface area (Å²) < 4.78 is 14.9. The zero-order valence-corrected chi connectivity index (χ0v) is 9.52. The monoisotopic (exact) mass is 225 g/mol. The molecule has 0 heterocycles. The summed E-state index contributed by atoms with van der Waals surface area (Å²) in [4.78, 5) is 11.3. The van der Waals surface area contributed by atoms with Crippen LogP contribution in [0.3, 0.4) is 0 Å². The first-order chi connectivity index (χ1) is 7.65. The molecule has 0 aromatic heterocycles. The molecule has 0 saturated carbocycles. The Morgan fingerprint density at radius 2 is 1.94 bits per heavy atom. The molecule has 0 bridgehead atoms. The summed E-state index contributed by atoms with van der Waals surface area (Å²) in [7, 11) is 4.30. The second-order valence-electron chi connectivity index (χ2n) is 3.08. The summed E-state index contributed by atoms with van der Waals surface area (Å²) in [6, 6.07) is 4.28. The summed E-state index contributed by atoms with van der Waals surface area (Å²) >= 11 is 0. The van der Waals surface area contributed by atoms with E-state index in [1.54, 1.807) is 18.2 Å². The van der Waals surface area contributed by atoms with Gasteiger partial charge in [-0.25, -0.2) is 0 Å². The Hall–Kier alpha value is -1.75.